The maximum Gasteiger partial charge on any atom is 0.292 e. The molecule has 7 heteroatoms. The van der Waals surface area contributed by atoms with Crippen molar-refractivity contribution in [3.63, 3.8) is 0 Å². The number of oxime groups is 1. The predicted molar refractivity (Wildman–Crippen MR) is 92.2 cm³/mol. The molecule has 120 valence electrons. The van der Waals surface area contributed by atoms with Gasteiger partial charge in [-0.25, -0.2) is 4.98 Å². The van der Waals surface area contributed by atoms with E-state index in [9.17, 15) is 4.79 Å². The third-order valence-electron chi connectivity index (χ3n) is 3.27. The van der Waals surface area contributed by atoms with Gasteiger partial charge in [-0.2, -0.15) is 4.57 Å². The molecule has 3 rings (SSSR count). The largest absolute Gasteiger partial charge is 0.411 e. The van der Waals surface area contributed by atoms with Crippen molar-refractivity contribution in [3.8, 4) is 11.3 Å². The number of carbonyl (C=O) groups excluding carboxylic acids is 1. The molecule has 0 saturated heterocycles. The number of benzene rings is 1. The van der Waals surface area contributed by atoms with Crippen molar-refractivity contribution in [2.45, 2.75) is 6.54 Å². The van der Waals surface area contributed by atoms with E-state index in [2.05, 4.69) is 15.5 Å². The molecule has 2 heterocycles. The highest BCUT2D eigenvalue weighted by molar-refractivity contribution is 7.14. The number of hydrogen-bond acceptors (Lipinski definition) is 5. The number of anilines is 1. The number of pyridine rings is 1. The zero-order valence-corrected chi connectivity index (χ0v) is 13.5. The van der Waals surface area contributed by atoms with Gasteiger partial charge in [-0.15, -0.1) is 11.3 Å². The summed E-state index contributed by atoms with van der Waals surface area (Å²) >= 11 is 1.39. The lowest BCUT2D eigenvalue weighted by molar-refractivity contribution is -0.684. The topological polar surface area (TPSA) is 78.5 Å². The Balaban J connectivity index is 1.62. The summed E-state index contributed by atoms with van der Waals surface area (Å²) in [6.07, 6.45) is 4.81. The zero-order chi connectivity index (χ0) is 16.8. The number of nitrogens with zero attached hydrogens (tertiary/aromatic N) is 3. The lowest BCUT2D eigenvalue weighted by atomic mass is 10.2. The minimum absolute atomic E-state index is 0.155. The van der Waals surface area contributed by atoms with Crippen LogP contribution in [0.15, 0.2) is 65.4 Å². The normalized spacial score (nSPS) is 10.8. The van der Waals surface area contributed by atoms with Crippen molar-refractivity contribution >= 4 is 28.6 Å². The van der Waals surface area contributed by atoms with Gasteiger partial charge in [-0.1, -0.05) is 35.5 Å². The fourth-order valence-corrected chi connectivity index (χ4v) is 2.86. The molecular formula is C17H15N4O2S+. The molecule has 0 aliphatic heterocycles. The summed E-state index contributed by atoms with van der Waals surface area (Å²) in [7, 11) is 0. The first-order chi connectivity index (χ1) is 11.7. The summed E-state index contributed by atoms with van der Waals surface area (Å²) in [5.74, 6) is -0.155. The van der Waals surface area contributed by atoms with Gasteiger partial charge < -0.3 is 5.21 Å². The monoisotopic (exact) mass is 339 g/mol. The predicted octanol–water partition coefficient (Wildman–Crippen LogP) is 2.54. The SMILES string of the molecule is O=C(C[n+]1ccc(/C=N/O)cc1)Nc1nc(-c2ccccc2)cs1. The first kappa shape index (κ1) is 15.8. The number of rotatable bonds is 5. The number of nitrogens with one attached hydrogen (secondary N) is 1. The van der Waals surface area contributed by atoms with Crippen molar-refractivity contribution in [2.24, 2.45) is 5.16 Å². The second-order valence-electron chi connectivity index (χ2n) is 5.00. The van der Waals surface area contributed by atoms with Crippen molar-refractivity contribution in [3.05, 3.63) is 65.8 Å². The molecule has 0 radical (unpaired) electrons. The highest BCUT2D eigenvalue weighted by Gasteiger charge is 2.12. The maximum absolute atomic E-state index is 12.1. The van der Waals surface area contributed by atoms with Gasteiger partial charge in [-0.3, -0.25) is 10.1 Å². The van der Waals surface area contributed by atoms with Crippen LogP contribution in [0.2, 0.25) is 0 Å². The van der Waals surface area contributed by atoms with Crippen molar-refractivity contribution in [1.82, 2.24) is 4.98 Å². The average molecular weight is 339 g/mol. The van der Waals surface area contributed by atoms with E-state index >= 15 is 0 Å². The van der Waals surface area contributed by atoms with Gasteiger partial charge in [-0.05, 0) is 0 Å². The highest BCUT2D eigenvalue weighted by atomic mass is 32.1. The standard InChI is InChI=1S/C17H14N4O2S/c22-16(11-21-8-6-13(7-9-21)10-18-23)20-17-19-15(12-24-17)14-4-2-1-3-5-14/h1-10,12H,11H2,(H,19,20,22)/p+1. The van der Waals surface area contributed by atoms with Gasteiger partial charge >= 0.3 is 0 Å². The fraction of sp³-hybridized carbons (Fsp3) is 0.0588. The van der Waals surface area contributed by atoms with Crippen LogP contribution < -0.4 is 9.88 Å². The molecule has 6 nitrogen and oxygen atoms in total. The molecule has 0 bridgehead atoms. The van der Waals surface area contributed by atoms with E-state index in [-0.39, 0.29) is 12.5 Å². The molecule has 0 fully saturated rings. The van der Waals surface area contributed by atoms with Crippen LogP contribution in [0.4, 0.5) is 5.13 Å². The average Bonchev–Trinajstić information content (AvgIpc) is 3.06. The molecule has 0 aliphatic carbocycles. The van der Waals surface area contributed by atoms with Gasteiger partial charge in [0.15, 0.2) is 17.5 Å². The third kappa shape index (κ3) is 4.02. The molecule has 2 N–H and O–H groups in total. The van der Waals surface area contributed by atoms with E-state index in [1.165, 1.54) is 17.6 Å². The number of aromatic nitrogens is 2. The van der Waals surface area contributed by atoms with Crippen molar-refractivity contribution < 1.29 is 14.6 Å². The van der Waals surface area contributed by atoms with E-state index in [0.717, 1.165) is 16.8 Å². The Labute approximate surface area is 142 Å². The van der Waals surface area contributed by atoms with Gasteiger partial charge in [0.05, 0.1) is 11.9 Å². The fourth-order valence-electron chi connectivity index (χ4n) is 2.12. The molecule has 0 saturated carbocycles. The molecule has 1 aromatic carbocycles. The van der Waals surface area contributed by atoms with Crippen LogP contribution in [0.3, 0.4) is 0 Å². The Morgan fingerprint density at radius 3 is 2.71 bits per heavy atom. The van der Waals surface area contributed by atoms with Crippen LogP contribution in [0.5, 0.6) is 0 Å². The van der Waals surface area contributed by atoms with Crippen molar-refractivity contribution in [1.29, 1.82) is 0 Å². The van der Waals surface area contributed by atoms with Crippen LogP contribution in [-0.2, 0) is 11.3 Å². The van der Waals surface area contributed by atoms with E-state index in [1.807, 2.05) is 35.7 Å². The van der Waals surface area contributed by atoms with Gasteiger partial charge in [0.25, 0.3) is 5.91 Å². The minimum atomic E-state index is -0.155. The number of carbonyl (C=O) groups is 1. The smallest absolute Gasteiger partial charge is 0.292 e. The molecule has 1 amide bonds. The summed E-state index contributed by atoms with van der Waals surface area (Å²) < 4.78 is 1.73. The Bertz CT molecular complexity index is 845. The summed E-state index contributed by atoms with van der Waals surface area (Å²) in [6.45, 7) is 0.177. The van der Waals surface area contributed by atoms with Gasteiger partial charge in [0.2, 0.25) is 6.54 Å². The first-order valence-corrected chi connectivity index (χ1v) is 8.10. The lowest BCUT2D eigenvalue weighted by Crippen LogP contribution is -2.39. The van der Waals surface area contributed by atoms with Crippen LogP contribution in [0.1, 0.15) is 5.56 Å². The summed E-state index contributed by atoms with van der Waals surface area (Å²) in [6, 6.07) is 13.3. The molecule has 0 spiro atoms. The molecule has 0 unspecified atom stereocenters. The van der Waals surface area contributed by atoms with Crippen LogP contribution in [0, 0.1) is 0 Å². The quantitative estimate of drug-likeness (QED) is 0.324. The Hall–Kier alpha value is -3.06. The Morgan fingerprint density at radius 2 is 2.00 bits per heavy atom. The van der Waals surface area contributed by atoms with Gasteiger partial charge in [0, 0.05) is 28.6 Å². The molecule has 0 atom stereocenters. The second-order valence-corrected chi connectivity index (χ2v) is 5.86. The maximum atomic E-state index is 12.1. The van der Waals surface area contributed by atoms with Gasteiger partial charge in [0.1, 0.15) is 0 Å². The zero-order valence-electron chi connectivity index (χ0n) is 12.7. The van der Waals surface area contributed by atoms with Crippen LogP contribution >= 0.6 is 11.3 Å². The van der Waals surface area contributed by atoms with E-state index in [0.29, 0.717) is 5.13 Å². The first-order valence-electron chi connectivity index (χ1n) is 7.22. The van der Waals surface area contributed by atoms with E-state index in [4.69, 9.17) is 5.21 Å². The van der Waals surface area contributed by atoms with E-state index in [1.54, 1.807) is 29.1 Å². The molecule has 0 aliphatic rings. The summed E-state index contributed by atoms with van der Waals surface area (Å²) in [4.78, 5) is 16.5. The highest BCUT2D eigenvalue weighted by Crippen LogP contribution is 2.24. The minimum Gasteiger partial charge on any atom is -0.411 e. The van der Waals surface area contributed by atoms with E-state index < -0.39 is 0 Å². The van der Waals surface area contributed by atoms with Crippen LogP contribution in [-0.4, -0.2) is 22.3 Å². The number of amides is 1. The summed E-state index contributed by atoms with van der Waals surface area (Å²) in [5, 5.41) is 16.7. The van der Waals surface area contributed by atoms with Crippen LogP contribution in [0.25, 0.3) is 11.3 Å². The number of thiazole rings is 1. The molecular weight excluding hydrogens is 324 g/mol. The second kappa shape index (κ2) is 7.47. The molecule has 3 aromatic rings. The lowest BCUT2D eigenvalue weighted by Gasteiger charge is -1.99. The third-order valence-corrected chi connectivity index (χ3v) is 4.03. The Morgan fingerprint density at radius 1 is 1.25 bits per heavy atom. The molecule has 24 heavy (non-hydrogen) atoms. The summed E-state index contributed by atoms with van der Waals surface area (Å²) in [5.41, 5.74) is 2.61. The van der Waals surface area contributed by atoms with Crippen molar-refractivity contribution in [2.75, 3.05) is 5.32 Å². The molecule has 2 aromatic heterocycles. The Kier molecular flexibility index (Phi) is 4.93. The number of hydrogen-bond donors (Lipinski definition) is 2.